The molecule has 4 heterocycles. The lowest BCUT2D eigenvalue weighted by atomic mass is 9.77. The normalized spacial score (nSPS) is 12.3. The third kappa shape index (κ3) is 5.23. The van der Waals surface area contributed by atoms with Crippen molar-refractivity contribution in [2.45, 2.75) is 25.4 Å². The Morgan fingerprint density at radius 2 is 1.29 bits per heavy atom. The van der Waals surface area contributed by atoms with Crippen molar-refractivity contribution in [3.63, 3.8) is 0 Å². The molecule has 0 saturated carbocycles. The zero-order valence-corrected chi connectivity index (χ0v) is 27.1. The first-order valence-electron chi connectivity index (χ1n) is 16.3. The summed E-state index contributed by atoms with van der Waals surface area (Å²) >= 11 is 0. The predicted octanol–water partition coefficient (Wildman–Crippen LogP) is 8.01. The fourth-order valence-corrected chi connectivity index (χ4v) is 6.79. The Morgan fingerprint density at radius 1 is 0.714 bits per heavy atom. The molecule has 4 aromatic carbocycles. The van der Waals surface area contributed by atoms with Crippen molar-refractivity contribution in [3.8, 4) is 11.3 Å². The number of H-pyrrole nitrogens is 1. The summed E-state index contributed by atoms with van der Waals surface area (Å²) in [5.74, 6) is -0.240. The smallest absolute Gasteiger partial charge is 0.289 e. The second-order valence-corrected chi connectivity index (χ2v) is 12.2. The summed E-state index contributed by atoms with van der Waals surface area (Å²) in [6.07, 6.45) is 3.58. The summed E-state index contributed by atoms with van der Waals surface area (Å²) in [4.78, 5) is 31.9. The Hall–Kier alpha value is -6.41. The standard InChI is InChI=1S/C41H33N7O/c1-27-13-12-20-34(43-27)28(2)44-40(49)39-45-35-25-33-37(26-36(35)46-39)48(47-38(33)29-21-23-42-24-22-29)41(30-14-6-3-7-15-30,31-16-8-4-9-17-31)32-18-10-5-11-19-32/h3-26,28,47H,1-2H3,(H,44,49). The summed E-state index contributed by atoms with van der Waals surface area (Å²) in [7, 11) is 0. The van der Waals surface area contributed by atoms with Gasteiger partial charge in [-0.1, -0.05) is 97.1 Å². The van der Waals surface area contributed by atoms with E-state index in [4.69, 9.17) is 9.97 Å². The highest BCUT2D eigenvalue weighted by Crippen LogP contribution is 2.44. The summed E-state index contributed by atoms with van der Waals surface area (Å²) in [5, 5.41) is 7.81. The topological polar surface area (TPSA) is 101 Å². The van der Waals surface area contributed by atoms with Crippen LogP contribution in [0.4, 0.5) is 0 Å². The number of nitrogens with one attached hydrogen (secondary N) is 2. The van der Waals surface area contributed by atoms with Crippen LogP contribution < -0.4 is 5.32 Å². The maximum absolute atomic E-state index is 13.5. The maximum atomic E-state index is 13.5. The Kier molecular flexibility index (Phi) is 7.53. The van der Waals surface area contributed by atoms with Crippen LogP contribution in [0.3, 0.4) is 0 Å². The van der Waals surface area contributed by atoms with Crippen molar-refractivity contribution in [1.29, 1.82) is 0 Å². The second-order valence-electron chi connectivity index (χ2n) is 12.2. The summed E-state index contributed by atoms with van der Waals surface area (Å²) in [6, 6.07) is 45.1. The Bertz CT molecular complexity index is 2310. The molecule has 0 spiro atoms. The fraction of sp³-hybridized carbons (Fsp3) is 0.0976. The number of pyridine rings is 2. The van der Waals surface area contributed by atoms with Crippen molar-refractivity contribution in [2.24, 2.45) is 0 Å². The van der Waals surface area contributed by atoms with E-state index >= 15 is 0 Å². The van der Waals surface area contributed by atoms with E-state index in [1.165, 1.54) is 0 Å². The molecule has 49 heavy (non-hydrogen) atoms. The monoisotopic (exact) mass is 639 g/mol. The van der Waals surface area contributed by atoms with E-state index < -0.39 is 5.54 Å². The molecule has 0 radical (unpaired) electrons. The van der Waals surface area contributed by atoms with Crippen molar-refractivity contribution in [2.75, 3.05) is 0 Å². The number of nitrogens with zero attached hydrogens (tertiary/aromatic N) is 5. The quantitative estimate of drug-likeness (QED) is 0.164. The molecular weight excluding hydrogens is 606 g/mol. The van der Waals surface area contributed by atoms with Gasteiger partial charge in [0.05, 0.1) is 34.0 Å². The number of carbonyl (C=O) groups is 1. The van der Waals surface area contributed by atoms with Gasteiger partial charge in [0.2, 0.25) is 5.82 Å². The number of carbonyl (C=O) groups excluding carboxylic acids is 1. The number of aryl methyl sites for hydroxylation is 1. The fourth-order valence-electron chi connectivity index (χ4n) is 6.79. The first-order valence-corrected chi connectivity index (χ1v) is 16.3. The van der Waals surface area contributed by atoms with E-state index in [2.05, 4.69) is 97.9 Å². The molecule has 1 unspecified atom stereocenters. The van der Waals surface area contributed by atoms with Gasteiger partial charge in [-0.25, -0.2) is 9.97 Å². The maximum Gasteiger partial charge on any atom is 0.289 e. The molecule has 0 saturated heterocycles. The van der Waals surface area contributed by atoms with Crippen LogP contribution in [0.1, 0.15) is 51.7 Å². The zero-order chi connectivity index (χ0) is 33.4. The van der Waals surface area contributed by atoms with Crippen LogP contribution in [0.25, 0.3) is 33.2 Å². The Labute approximate surface area is 283 Å². The first kappa shape index (κ1) is 30.0. The number of imidazole rings is 1. The van der Waals surface area contributed by atoms with Crippen LogP contribution in [0.5, 0.6) is 0 Å². The van der Waals surface area contributed by atoms with Gasteiger partial charge >= 0.3 is 0 Å². The largest absolute Gasteiger partial charge is 0.341 e. The van der Waals surface area contributed by atoms with Crippen molar-refractivity contribution < 1.29 is 4.79 Å². The summed E-state index contributed by atoms with van der Waals surface area (Å²) < 4.78 is 2.23. The van der Waals surface area contributed by atoms with Gasteiger partial charge in [0, 0.05) is 29.0 Å². The number of benzene rings is 4. The van der Waals surface area contributed by atoms with Gasteiger partial charge in [-0.3, -0.25) is 24.5 Å². The lowest BCUT2D eigenvalue weighted by Gasteiger charge is -2.37. The minimum Gasteiger partial charge on any atom is -0.341 e. The molecule has 2 N–H and O–H groups in total. The van der Waals surface area contributed by atoms with Crippen LogP contribution in [-0.4, -0.2) is 35.6 Å². The molecule has 8 aromatic rings. The molecule has 4 aromatic heterocycles. The molecular formula is C41H33N7O. The predicted molar refractivity (Wildman–Crippen MR) is 192 cm³/mol. The molecule has 8 nitrogen and oxygen atoms in total. The van der Waals surface area contributed by atoms with Gasteiger partial charge in [0.1, 0.15) is 5.54 Å². The average molecular weight is 640 g/mol. The van der Waals surface area contributed by atoms with Crippen molar-refractivity contribution in [1.82, 2.24) is 35.0 Å². The molecule has 8 rings (SSSR count). The number of hydrogen-bond acceptors (Lipinski definition) is 5. The van der Waals surface area contributed by atoms with Crippen molar-refractivity contribution >= 4 is 27.8 Å². The SMILES string of the molecule is Cc1cccc(C(C)NC(=O)c2nc3cc4c(-c5ccncc5)[nH]n(C(c5ccccc5)(c5ccccc5)c5ccccc5)c4cc3n2)n1. The highest BCUT2D eigenvalue weighted by Gasteiger charge is 2.40. The van der Waals surface area contributed by atoms with E-state index in [9.17, 15) is 4.79 Å². The number of fused-ring (bicyclic) bond motifs is 2. The van der Waals surface area contributed by atoms with Gasteiger partial charge in [0.25, 0.3) is 5.91 Å². The molecule has 0 bridgehead atoms. The molecule has 0 fully saturated rings. The minimum atomic E-state index is -0.808. The van der Waals surface area contributed by atoms with E-state index in [0.29, 0.717) is 11.0 Å². The molecule has 0 aliphatic rings. The molecule has 1 amide bonds. The summed E-state index contributed by atoms with van der Waals surface area (Å²) in [6.45, 7) is 3.84. The van der Waals surface area contributed by atoms with Crippen LogP contribution in [0.2, 0.25) is 0 Å². The van der Waals surface area contributed by atoms with Crippen LogP contribution in [-0.2, 0) is 5.54 Å². The Morgan fingerprint density at radius 3 is 1.86 bits per heavy atom. The van der Waals surface area contributed by atoms with Crippen LogP contribution >= 0.6 is 0 Å². The number of aromatic nitrogens is 6. The second kappa shape index (κ2) is 12.3. The van der Waals surface area contributed by atoms with Gasteiger partial charge in [-0.15, -0.1) is 0 Å². The van der Waals surface area contributed by atoms with E-state index in [0.717, 1.165) is 50.2 Å². The van der Waals surface area contributed by atoms with Crippen LogP contribution in [0.15, 0.2) is 146 Å². The lowest BCUT2D eigenvalue weighted by Crippen LogP contribution is -2.38. The van der Waals surface area contributed by atoms with Crippen LogP contribution in [0, 0.1) is 6.92 Å². The summed E-state index contributed by atoms with van der Waals surface area (Å²) in [5.41, 5.74) is 8.12. The molecule has 0 aliphatic carbocycles. The third-order valence-electron chi connectivity index (χ3n) is 9.06. The van der Waals surface area contributed by atoms with Gasteiger partial charge in [0.15, 0.2) is 0 Å². The van der Waals surface area contributed by atoms with Gasteiger partial charge in [-0.05, 0) is 66.9 Å². The first-order chi connectivity index (χ1) is 24.0. The van der Waals surface area contributed by atoms with Gasteiger partial charge < -0.3 is 5.32 Å². The highest BCUT2D eigenvalue weighted by molar-refractivity contribution is 6.03. The van der Waals surface area contributed by atoms with E-state index in [-0.39, 0.29) is 17.8 Å². The number of hydrogen-bond donors (Lipinski definition) is 2. The molecule has 0 aliphatic heterocycles. The zero-order valence-electron chi connectivity index (χ0n) is 27.1. The highest BCUT2D eigenvalue weighted by atomic mass is 16.2. The number of rotatable bonds is 8. The lowest BCUT2D eigenvalue weighted by molar-refractivity contribution is 0.0930. The Balaban J connectivity index is 1.37. The number of amides is 1. The van der Waals surface area contributed by atoms with Gasteiger partial charge in [-0.2, -0.15) is 0 Å². The third-order valence-corrected chi connectivity index (χ3v) is 9.06. The minimum absolute atomic E-state index is 0.114. The number of aromatic amines is 1. The van der Waals surface area contributed by atoms with Crippen molar-refractivity contribution in [3.05, 3.63) is 180 Å². The van der Waals surface area contributed by atoms with E-state index in [1.807, 2.05) is 74.5 Å². The average Bonchev–Trinajstić information content (AvgIpc) is 3.74. The van der Waals surface area contributed by atoms with E-state index in [1.54, 1.807) is 12.4 Å². The molecule has 8 heteroatoms. The molecule has 1 atom stereocenters. The molecule has 238 valence electrons.